The van der Waals surface area contributed by atoms with Crippen molar-refractivity contribution in [1.82, 2.24) is 10.6 Å². The molecule has 2 rings (SSSR count). The molecular formula is C15H28N2O2. The van der Waals surface area contributed by atoms with Crippen LogP contribution in [0.3, 0.4) is 0 Å². The fourth-order valence-electron chi connectivity index (χ4n) is 3.22. The Hall–Kier alpha value is -0.610. The quantitative estimate of drug-likeness (QED) is 0.771. The third kappa shape index (κ3) is 4.77. The molecule has 0 saturated carbocycles. The van der Waals surface area contributed by atoms with Crippen LogP contribution in [-0.4, -0.2) is 38.3 Å². The first-order valence-corrected chi connectivity index (χ1v) is 7.88. The van der Waals surface area contributed by atoms with Crippen molar-refractivity contribution in [3.63, 3.8) is 0 Å². The normalized spacial score (nSPS) is 31.3. The fourth-order valence-corrected chi connectivity index (χ4v) is 3.22. The molecule has 3 atom stereocenters. The zero-order valence-corrected chi connectivity index (χ0v) is 12.1. The number of hydrogen-bond acceptors (Lipinski definition) is 3. The van der Waals surface area contributed by atoms with E-state index in [1.807, 2.05) is 0 Å². The highest BCUT2D eigenvalue weighted by Crippen LogP contribution is 2.22. The molecule has 2 fully saturated rings. The second-order valence-electron chi connectivity index (χ2n) is 5.92. The van der Waals surface area contributed by atoms with Crippen LogP contribution in [0.2, 0.25) is 0 Å². The lowest BCUT2D eigenvalue weighted by atomic mass is 9.94. The highest BCUT2D eigenvalue weighted by molar-refractivity contribution is 5.75. The van der Waals surface area contributed by atoms with Crippen LogP contribution in [-0.2, 0) is 9.53 Å². The third-order valence-electron chi connectivity index (χ3n) is 4.49. The zero-order valence-electron chi connectivity index (χ0n) is 12.1. The number of piperidine rings is 1. The van der Waals surface area contributed by atoms with E-state index in [1.54, 1.807) is 0 Å². The molecule has 1 amide bonds. The van der Waals surface area contributed by atoms with Gasteiger partial charge in [-0.25, -0.2) is 0 Å². The molecule has 0 bridgehead atoms. The molecule has 0 aromatic carbocycles. The highest BCUT2D eigenvalue weighted by atomic mass is 16.5. The van der Waals surface area contributed by atoms with Crippen LogP contribution in [0.1, 0.15) is 45.4 Å². The molecule has 2 heterocycles. The molecule has 2 N–H and O–H groups in total. The molecular weight excluding hydrogens is 240 g/mol. The minimum absolute atomic E-state index is 0.215. The minimum atomic E-state index is 0.215. The van der Waals surface area contributed by atoms with Gasteiger partial charge in [-0.3, -0.25) is 4.79 Å². The van der Waals surface area contributed by atoms with Gasteiger partial charge in [0.1, 0.15) is 0 Å². The van der Waals surface area contributed by atoms with Crippen molar-refractivity contribution in [3.05, 3.63) is 0 Å². The van der Waals surface area contributed by atoms with Crippen molar-refractivity contribution in [2.24, 2.45) is 11.8 Å². The topological polar surface area (TPSA) is 50.4 Å². The minimum Gasteiger partial charge on any atom is -0.378 e. The summed E-state index contributed by atoms with van der Waals surface area (Å²) in [5, 5.41) is 6.49. The van der Waals surface area contributed by atoms with Gasteiger partial charge < -0.3 is 15.4 Å². The molecule has 3 unspecified atom stereocenters. The second kappa shape index (κ2) is 7.85. The van der Waals surface area contributed by atoms with Gasteiger partial charge in [-0.15, -0.1) is 0 Å². The summed E-state index contributed by atoms with van der Waals surface area (Å²) in [5.41, 5.74) is 0. The zero-order chi connectivity index (χ0) is 13.5. The van der Waals surface area contributed by atoms with E-state index in [2.05, 4.69) is 17.6 Å². The van der Waals surface area contributed by atoms with E-state index in [1.165, 1.54) is 12.8 Å². The van der Waals surface area contributed by atoms with Crippen molar-refractivity contribution < 1.29 is 9.53 Å². The van der Waals surface area contributed by atoms with Crippen molar-refractivity contribution in [2.45, 2.75) is 51.6 Å². The van der Waals surface area contributed by atoms with E-state index in [0.29, 0.717) is 24.4 Å². The molecule has 0 aliphatic carbocycles. The van der Waals surface area contributed by atoms with Crippen LogP contribution < -0.4 is 10.6 Å². The van der Waals surface area contributed by atoms with Gasteiger partial charge in [0.25, 0.3) is 0 Å². The van der Waals surface area contributed by atoms with Crippen molar-refractivity contribution in [2.75, 3.05) is 26.2 Å². The Morgan fingerprint density at radius 2 is 2.32 bits per heavy atom. The fraction of sp³-hybridized carbons (Fsp3) is 0.933. The largest absolute Gasteiger partial charge is 0.378 e. The van der Waals surface area contributed by atoms with Gasteiger partial charge in [0, 0.05) is 25.5 Å². The summed E-state index contributed by atoms with van der Waals surface area (Å²) in [6.45, 7) is 6.03. The molecule has 0 aromatic heterocycles. The van der Waals surface area contributed by atoms with Crippen LogP contribution in [0, 0.1) is 11.8 Å². The predicted octanol–water partition coefficient (Wildman–Crippen LogP) is 1.70. The summed E-state index contributed by atoms with van der Waals surface area (Å²) in [5.74, 6) is 1.43. The number of nitrogens with one attached hydrogen (secondary N) is 2. The first-order chi connectivity index (χ1) is 9.29. The van der Waals surface area contributed by atoms with Crippen LogP contribution >= 0.6 is 0 Å². The highest BCUT2D eigenvalue weighted by Gasteiger charge is 2.26. The standard InChI is InChI=1S/C15H28N2O2/c1-2-14-13(7-9-19-14)11-17-15(18)6-5-12-4-3-8-16-10-12/h12-14,16H,2-11H2,1H3,(H,17,18). The number of amides is 1. The third-order valence-corrected chi connectivity index (χ3v) is 4.49. The Labute approximate surface area is 116 Å². The monoisotopic (exact) mass is 268 g/mol. The maximum absolute atomic E-state index is 11.9. The van der Waals surface area contributed by atoms with Crippen LogP contribution in [0.15, 0.2) is 0 Å². The molecule has 4 heteroatoms. The lowest BCUT2D eigenvalue weighted by Gasteiger charge is -2.22. The summed E-state index contributed by atoms with van der Waals surface area (Å²) in [7, 11) is 0. The molecule has 110 valence electrons. The van der Waals surface area contributed by atoms with Crippen LogP contribution in [0.25, 0.3) is 0 Å². The van der Waals surface area contributed by atoms with Crippen molar-refractivity contribution in [1.29, 1.82) is 0 Å². The van der Waals surface area contributed by atoms with E-state index in [4.69, 9.17) is 4.74 Å². The summed E-state index contributed by atoms with van der Waals surface area (Å²) >= 11 is 0. The van der Waals surface area contributed by atoms with E-state index >= 15 is 0 Å². The van der Waals surface area contributed by atoms with Gasteiger partial charge in [0.05, 0.1) is 6.10 Å². The maximum atomic E-state index is 11.9. The smallest absolute Gasteiger partial charge is 0.220 e. The lowest BCUT2D eigenvalue weighted by Crippen LogP contribution is -2.34. The Bertz CT molecular complexity index is 277. The molecule has 0 spiro atoms. The van der Waals surface area contributed by atoms with E-state index < -0.39 is 0 Å². The maximum Gasteiger partial charge on any atom is 0.220 e. The van der Waals surface area contributed by atoms with Gasteiger partial charge in [-0.1, -0.05) is 6.92 Å². The number of carbonyl (C=O) groups excluding carboxylic acids is 1. The number of rotatable bonds is 6. The molecule has 0 aromatic rings. The Kier molecular flexibility index (Phi) is 6.11. The van der Waals surface area contributed by atoms with Crippen LogP contribution in [0.4, 0.5) is 0 Å². The van der Waals surface area contributed by atoms with Crippen molar-refractivity contribution >= 4 is 5.91 Å². The van der Waals surface area contributed by atoms with Gasteiger partial charge in [-0.05, 0) is 51.1 Å². The number of ether oxygens (including phenoxy) is 1. The van der Waals surface area contributed by atoms with Gasteiger partial charge >= 0.3 is 0 Å². The Morgan fingerprint density at radius 1 is 1.42 bits per heavy atom. The average Bonchev–Trinajstić information content (AvgIpc) is 2.91. The molecule has 4 nitrogen and oxygen atoms in total. The summed E-state index contributed by atoms with van der Waals surface area (Å²) in [4.78, 5) is 11.9. The Morgan fingerprint density at radius 3 is 3.05 bits per heavy atom. The SMILES string of the molecule is CCC1OCCC1CNC(=O)CCC1CCCNC1. The predicted molar refractivity (Wildman–Crippen MR) is 76.0 cm³/mol. The van der Waals surface area contributed by atoms with Crippen molar-refractivity contribution in [3.8, 4) is 0 Å². The number of carbonyl (C=O) groups is 1. The van der Waals surface area contributed by atoms with Crippen LogP contribution in [0.5, 0.6) is 0 Å². The Balaban J connectivity index is 1.58. The lowest BCUT2D eigenvalue weighted by molar-refractivity contribution is -0.121. The summed E-state index contributed by atoms with van der Waals surface area (Å²) in [6.07, 6.45) is 6.72. The number of hydrogen-bond donors (Lipinski definition) is 2. The summed E-state index contributed by atoms with van der Waals surface area (Å²) in [6, 6.07) is 0. The molecule has 19 heavy (non-hydrogen) atoms. The van der Waals surface area contributed by atoms with E-state index in [9.17, 15) is 4.79 Å². The average molecular weight is 268 g/mol. The van der Waals surface area contributed by atoms with Gasteiger partial charge in [0.15, 0.2) is 0 Å². The molecule has 2 aliphatic rings. The molecule has 2 aliphatic heterocycles. The molecule has 2 saturated heterocycles. The molecule has 0 radical (unpaired) electrons. The second-order valence-corrected chi connectivity index (χ2v) is 5.92. The van der Waals surface area contributed by atoms with Gasteiger partial charge in [-0.2, -0.15) is 0 Å². The first-order valence-electron chi connectivity index (χ1n) is 7.88. The van der Waals surface area contributed by atoms with Gasteiger partial charge in [0.2, 0.25) is 5.91 Å². The summed E-state index contributed by atoms with van der Waals surface area (Å²) < 4.78 is 5.64. The van der Waals surface area contributed by atoms with E-state index in [-0.39, 0.29) is 5.91 Å². The first kappa shape index (κ1) is 14.8. The van der Waals surface area contributed by atoms with E-state index in [0.717, 1.165) is 45.5 Å².